The summed E-state index contributed by atoms with van der Waals surface area (Å²) >= 11 is 7.19. The zero-order valence-corrected chi connectivity index (χ0v) is 14.0. The maximum atomic E-state index is 12.5. The highest BCUT2D eigenvalue weighted by Crippen LogP contribution is 2.43. The summed E-state index contributed by atoms with van der Waals surface area (Å²) in [7, 11) is 0. The second-order valence-corrected chi connectivity index (χ2v) is 7.82. The van der Waals surface area contributed by atoms with Crippen molar-refractivity contribution in [2.75, 3.05) is 0 Å². The van der Waals surface area contributed by atoms with E-state index < -0.39 is 0 Å². The first-order chi connectivity index (χ1) is 9.58. The molecule has 2 fully saturated rings. The lowest BCUT2D eigenvalue weighted by Crippen LogP contribution is -2.34. The van der Waals surface area contributed by atoms with Crippen molar-refractivity contribution in [2.45, 2.75) is 29.0 Å². The molecule has 0 spiro atoms. The largest absolute Gasteiger partial charge is 0.278 e. The van der Waals surface area contributed by atoms with Gasteiger partial charge in [0.25, 0.3) is 0 Å². The van der Waals surface area contributed by atoms with Crippen molar-refractivity contribution in [1.29, 1.82) is 0 Å². The van der Waals surface area contributed by atoms with Crippen LogP contribution in [0.4, 0.5) is 0 Å². The molecule has 0 N–H and O–H groups in total. The van der Waals surface area contributed by atoms with Crippen LogP contribution >= 0.6 is 31.9 Å². The average Bonchev–Trinajstić information content (AvgIpc) is 2.66. The minimum atomic E-state index is -0.149. The zero-order chi connectivity index (χ0) is 14.3. The molecule has 2 amide bonds. The molecule has 2 aliphatic rings. The molecular formula is C15H15Br2NO2. The maximum absolute atomic E-state index is 12.5. The van der Waals surface area contributed by atoms with Crippen LogP contribution in [-0.4, -0.2) is 26.4 Å². The molecule has 1 aromatic carbocycles. The van der Waals surface area contributed by atoms with E-state index in [1.807, 2.05) is 30.3 Å². The van der Waals surface area contributed by atoms with E-state index in [4.69, 9.17) is 0 Å². The molecule has 106 valence electrons. The van der Waals surface area contributed by atoms with E-state index in [1.54, 1.807) is 0 Å². The van der Waals surface area contributed by atoms with Crippen molar-refractivity contribution in [1.82, 2.24) is 4.90 Å². The Balaban J connectivity index is 1.80. The standard InChI is InChI=1S/C15H15Br2NO2/c16-12-6-10-11(7-13(12)17)15(20)18(14(10)19)8-9-4-2-1-3-5-9/h1-5,10-13H,6-8H2/t10-,11+,12-,13-/m1/s1. The van der Waals surface area contributed by atoms with Crippen LogP contribution < -0.4 is 0 Å². The van der Waals surface area contributed by atoms with Crippen molar-refractivity contribution in [3.8, 4) is 0 Å². The molecule has 0 radical (unpaired) electrons. The summed E-state index contributed by atoms with van der Waals surface area (Å²) in [4.78, 5) is 26.9. The van der Waals surface area contributed by atoms with Crippen LogP contribution in [0, 0.1) is 11.8 Å². The van der Waals surface area contributed by atoms with Gasteiger partial charge in [0.1, 0.15) is 0 Å². The molecule has 0 aromatic heterocycles. The first kappa shape index (κ1) is 14.3. The number of amides is 2. The van der Waals surface area contributed by atoms with Gasteiger partial charge in [-0.05, 0) is 18.4 Å². The fraction of sp³-hybridized carbons (Fsp3) is 0.467. The predicted molar refractivity (Wildman–Crippen MR) is 83.6 cm³/mol. The number of hydrogen-bond acceptors (Lipinski definition) is 2. The van der Waals surface area contributed by atoms with E-state index >= 15 is 0 Å². The number of fused-ring (bicyclic) bond motifs is 1. The summed E-state index contributed by atoms with van der Waals surface area (Å²) in [5, 5.41) is 0. The lowest BCUT2D eigenvalue weighted by molar-refractivity contribution is -0.140. The van der Waals surface area contributed by atoms with Gasteiger partial charge >= 0.3 is 0 Å². The number of imide groups is 1. The number of benzene rings is 1. The second kappa shape index (κ2) is 5.60. The Bertz CT molecular complexity index is 506. The molecule has 1 saturated carbocycles. The molecule has 0 bridgehead atoms. The number of alkyl halides is 2. The molecule has 0 unspecified atom stereocenters. The van der Waals surface area contributed by atoms with Gasteiger partial charge in [-0.1, -0.05) is 62.2 Å². The van der Waals surface area contributed by atoms with Crippen LogP contribution in [0.25, 0.3) is 0 Å². The normalized spacial score (nSPS) is 33.4. The Morgan fingerprint density at radius 3 is 1.95 bits per heavy atom. The van der Waals surface area contributed by atoms with Crippen molar-refractivity contribution >= 4 is 43.7 Å². The number of likely N-dealkylation sites (tertiary alicyclic amines) is 1. The van der Waals surface area contributed by atoms with Crippen molar-refractivity contribution < 1.29 is 9.59 Å². The lowest BCUT2D eigenvalue weighted by Gasteiger charge is -2.29. The Morgan fingerprint density at radius 1 is 0.950 bits per heavy atom. The zero-order valence-electron chi connectivity index (χ0n) is 10.8. The third-order valence-corrected chi connectivity index (χ3v) is 6.92. The molecule has 20 heavy (non-hydrogen) atoms. The Labute approximate surface area is 135 Å². The molecule has 1 aliphatic heterocycles. The quantitative estimate of drug-likeness (QED) is 0.565. The summed E-state index contributed by atoms with van der Waals surface area (Å²) in [5.74, 6) is -0.311. The Morgan fingerprint density at radius 2 is 1.45 bits per heavy atom. The van der Waals surface area contributed by atoms with Gasteiger partial charge in [-0.15, -0.1) is 0 Å². The van der Waals surface area contributed by atoms with Gasteiger partial charge in [0.05, 0.1) is 18.4 Å². The van der Waals surface area contributed by atoms with Crippen LogP contribution in [0.5, 0.6) is 0 Å². The number of nitrogens with zero attached hydrogens (tertiary/aromatic N) is 1. The number of carbonyl (C=O) groups is 2. The van der Waals surface area contributed by atoms with Crippen molar-refractivity contribution in [3.63, 3.8) is 0 Å². The van der Waals surface area contributed by atoms with Gasteiger partial charge in [-0.25, -0.2) is 0 Å². The number of halogens is 2. The fourth-order valence-corrected chi connectivity index (χ4v) is 4.32. The van der Waals surface area contributed by atoms with E-state index in [9.17, 15) is 9.59 Å². The first-order valence-corrected chi connectivity index (χ1v) is 8.58. The molecule has 1 aromatic rings. The Kier molecular flexibility index (Phi) is 4.00. The molecule has 3 nitrogen and oxygen atoms in total. The van der Waals surface area contributed by atoms with E-state index in [-0.39, 0.29) is 33.3 Å². The summed E-state index contributed by atoms with van der Waals surface area (Å²) in [6.07, 6.45) is 1.47. The first-order valence-electron chi connectivity index (χ1n) is 6.75. The number of rotatable bonds is 2. The third-order valence-electron chi connectivity index (χ3n) is 4.19. The Hall–Kier alpha value is -0.680. The molecule has 1 heterocycles. The van der Waals surface area contributed by atoms with Crippen molar-refractivity contribution in [2.24, 2.45) is 11.8 Å². The van der Waals surface area contributed by atoms with Crippen LogP contribution in [0.2, 0.25) is 0 Å². The van der Waals surface area contributed by atoms with Crippen molar-refractivity contribution in [3.05, 3.63) is 35.9 Å². The molecule has 5 heteroatoms. The summed E-state index contributed by atoms with van der Waals surface area (Å²) in [6.45, 7) is 0.394. The molecule has 1 aliphatic carbocycles. The van der Waals surface area contributed by atoms with Gasteiger partial charge in [0, 0.05) is 9.65 Å². The summed E-state index contributed by atoms with van der Waals surface area (Å²) < 4.78 is 0. The smallest absolute Gasteiger partial charge is 0.233 e. The molecule has 1 saturated heterocycles. The highest BCUT2D eigenvalue weighted by Gasteiger charge is 2.51. The number of carbonyl (C=O) groups excluding carboxylic acids is 2. The second-order valence-electron chi connectivity index (χ2n) is 5.46. The van der Waals surface area contributed by atoms with Crippen LogP contribution in [0.3, 0.4) is 0 Å². The fourth-order valence-electron chi connectivity index (χ4n) is 3.09. The SMILES string of the molecule is O=C1[C@H]2C[C@@H](Br)[C@H](Br)C[C@H]2C(=O)N1Cc1ccccc1. The van der Waals surface area contributed by atoms with E-state index in [2.05, 4.69) is 31.9 Å². The van der Waals surface area contributed by atoms with Crippen LogP contribution in [0.1, 0.15) is 18.4 Å². The minimum Gasteiger partial charge on any atom is -0.278 e. The van der Waals surface area contributed by atoms with Gasteiger partial charge in [0.2, 0.25) is 11.8 Å². The van der Waals surface area contributed by atoms with Gasteiger partial charge in [0.15, 0.2) is 0 Å². The highest BCUT2D eigenvalue weighted by molar-refractivity contribution is 9.12. The minimum absolute atomic E-state index is 0.00676. The van der Waals surface area contributed by atoms with Gasteiger partial charge in [-0.3, -0.25) is 14.5 Å². The highest BCUT2D eigenvalue weighted by atomic mass is 79.9. The monoisotopic (exact) mass is 399 g/mol. The topological polar surface area (TPSA) is 37.4 Å². The third kappa shape index (κ3) is 2.46. The molecular weight excluding hydrogens is 386 g/mol. The van der Waals surface area contributed by atoms with Crippen LogP contribution in [-0.2, 0) is 16.1 Å². The van der Waals surface area contributed by atoms with Crippen LogP contribution in [0.15, 0.2) is 30.3 Å². The predicted octanol–water partition coefficient (Wildman–Crippen LogP) is 3.11. The summed E-state index contributed by atoms with van der Waals surface area (Å²) in [5.41, 5.74) is 0.999. The lowest BCUT2D eigenvalue weighted by atomic mass is 9.81. The van der Waals surface area contributed by atoms with Gasteiger partial charge < -0.3 is 0 Å². The average molecular weight is 401 g/mol. The summed E-state index contributed by atoms with van der Waals surface area (Å²) in [6, 6.07) is 9.68. The molecule has 4 atom stereocenters. The van der Waals surface area contributed by atoms with E-state index in [1.165, 1.54) is 4.90 Å². The van der Waals surface area contributed by atoms with Gasteiger partial charge in [-0.2, -0.15) is 0 Å². The van der Waals surface area contributed by atoms with E-state index in [0.29, 0.717) is 6.54 Å². The van der Waals surface area contributed by atoms with E-state index in [0.717, 1.165) is 18.4 Å². The maximum Gasteiger partial charge on any atom is 0.233 e. The number of hydrogen-bond donors (Lipinski definition) is 0. The molecule has 3 rings (SSSR count).